The zero-order valence-corrected chi connectivity index (χ0v) is 14.6. The number of hydrogen-bond acceptors (Lipinski definition) is 6. The van der Waals surface area contributed by atoms with E-state index in [0.717, 1.165) is 16.6 Å². The lowest BCUT2D eigenvalue weighted by Gasteiger charge is -2.09. The van der Waals surface area contributed by atoms with Gasteiger partial charge < -0.3 is 10.6 Å². The van der Waals surface area contributed by atoms with Crippen molar-refractivity contribution in [3.63, 3.8) is 0 Å². The molecular formula is C21H14N6O. The van der Waals surface area contributed by atoms with Gasteiger partial charge in [0.25, 0.3) is 5.91 Å². The van der Waals surface area contributed by atoms with Gasteiger partial charge in [0.15, 0.2) is 0 Å². The number of pyridine rings is 1. The molecule has 134 valence electrons. The smallest absolute Gasteiger partial charge is 0.258 e. The molecule has 0 aliphatic rings. The van der Waals surface area contributed by atoms with Crippen molar-refractivity contribution in [3.05, 3.63) is 84.3 Å². The van der Waals surface area contributed by atoms with E-state index in [9.17, 15) is 4.79 Å². The zero-order valence-electron chi connectivity index (χ0n) is 14.6. The van der Waals surface area contributed by atoms with E-state index < -0.39 is 0 Å². The van der Waals surface area contributed by atoms with E-state index in [0.29, 0.717) is 17.2 Å². The topological polar surface area (TPSA) is 104 Å². The summed E-state index contributed by atoms with van der Waals surface area (Å²) in [6.07, 6.45) is 4.58. The first-order valence-corrected chi connectivity index (χ1v) is 8.48. The molecule has 7 heteroatoms. The Hall–Kier alpha value is -4.31. The van der Waals surface area contributed by atoms with Crippen molar-refractivity contribution in [2.24, 2.45) is 0 Å². The van der Waals surface area contributed by atoms with E-state index in [1.807, 2.05) is 36.4 Å². The molecule has 2 aromatic carbocycles. The molecule has 4 aromatic rings. The minimum absolute atomic E-state index is 0.286. The highest BCUT2D eigenvalue weighted by Crippen LogP contribution is 2.23. The molecule has 0 fully saturated rings. The molecular weight excluding hydrogens is 352 g/mol. The number of fused-ring (bicyclic) bond motifs is 1. The summed E-state index contributed by atoms with van der Waals surface area (Å²) in [5.74, 6) is -0.0341. The van der Waals surface area contributed by atoms with Gasteiger partial charge in [-0.3, -0.25) is 9.78 Å². The summed E-state index contributed by atoms with van der Waals surface area (Å²) in [5.41, 5.74) is 2.70. The number of anilines is 3. The minimum atomic E-state index is -0.388. The number of carbonyl (C=O) groups excluding carboxylic acids is 1. The molecule has 0 bridgehead atoms. The number of nitrogens with zero attached hydrogens (tertiary/aromatic N) is 4. The van der Waals surface area contributed by atoms with Gasteiger partial charge in [0.1, 0.15) is 6.07 Å². The van der Waals surface area contributed by atoms with E-state index in [1.54, 1.807) is 30.5 Å². The third kappa shape index (κ3) is 3.48. The summed E-state index contributed by atoms with van der Waals surface area (Å²) >= 11 is 0. The van der Waals surface area contributed by atoms with Crippen LogP contribution in [-0.4, -0.2) is 20.9 Å². The molecule has 0 aliphatic heterocycles. The molecule has 0 saturated heterocycles. The number of para-hydroxylation sites is 2. The number of nitriles is 1. The van der Waals surface area contributed by atoms with Crippen LogP contribution in [0.15, 0.2) is 73.2 Å². The predicted molar refractivity (Wildman–Crippen MR) is 106 cm³/mol. The number of carbonyl (C=O) groups is 1. The minimum Gasteiger partial charge on any atom is -0.322 e. The number of nitrogens with one attached hydrogen (secondary N) is 2. The van der Waals surface area contributed by atoms with Crippen LogP contribution in [0.3, 0.4) is 0 Å². The Morgan fingerprint density at radius 1 is 0.893 bits per heavy atom. The Kier molecular flexibility index (Phi) is 4.59. The van der Waals surface area contributed by atoms with Crippen LogP contribution in [0.1, 0.15) is 15.9 Å². The van der Waals surface area contributed by atoms with E-state index in [2.05, 4.69) is 25.6 Å². The number of aromatic nitrogens is 3. The largest absolute Gasteiger partial charge is 0.322 e. The summed E-state index contributed by atoms with van der Waals surface area (Å²) in [4.78, 5) is 25.2. The summed E-state index contributed by atoms with van der Waals surface area (Å²) < 4.78 is 0. The van der Waals surface area contributed by atoms with Gasteiger partial charge in [-0.05, 0) is 24.3 Å². The van der Waals surface area contributed by atoms with Gasteiger partial charge in [0, 0.05) is 24.0 Å². The molecule has 2 heterocycles. The Labute approximate surface area is 160 Å². The lowest BCUT2D eigenvalue weighted by Crippen LogP contribution is -2.14. The molecule has 28 heavy (non-hydrogen) atoms. The Bertz CT molecular complexity index is 1190. The molecule has 0 atom stereocenters. The van der Waals surface area contributed by atoms with Crippen LogP contribution in [-0.2, 0) is 0 Å². The Morgan fingerprint density at radius 2 is 1.64 bits per heavy atom. The summed E-state index contributed by atoms with van der Waals surface area (Å²) in [5, 5.41) is 15.9. The van der Waals surface area contributed by atoms with E-state index in [4.69, 9.17) is 5.26 Å². The normalized spacial score (nSPS) is 10.2. The highest BCUT2D eigenvalue weighted by atomic mass is 16.1. The highest BCUT2D eigenvalue weighted by molar-refractivity contribution is 6.04. The fraction of sp³-hybridized carbons (Fsp3) is 0. The van der Waals surface area contributed by atoms with Crippen LogP contribution in [0, 0.1) is 11.3 Å². The number of benzene rings is 2. The van der Waals surface area contributed by atoms with Crippen molar-refractivity contribution in [1.29, 1.82) is 5.26 Å². The molecule has 0 unspecified atom stereocenters. The van der Waals surface area contributed by atoms with Crippen LogP contribution in [0.2, 0.25) is 0 Å². The number of rotatable bonds is 4. The maximum atomic E-state index is 12.4. The monoisotopic (exact) mass is 366 g/mol. The fourth-order valence-electron chi connectivity index (χ4n) is 2.72. The van der Waals surface area contributed by atoms with E-state index in [-0.39, 0.29) is 11.5 Å². The third-order valence-corrected chi connectivity index (χ3v) is 4.09. The SMILES string of the molecule is N#Cc1ccccc1NC(=O)c1cnc(Nc2cccc3cccnc23)nc1. The second kappa shape index (κ2) is 7.51. The average Bonchev–Trinajstić information content (AvgIpc) is 2.75. The van der Waals surface area contributed by atoms with Crippen LogP contribution in [0.4, 0.5) is 17.3 Å². The van der Waals surface area contributed by atoms with Gasteiger partial charge >= 0.3 is 0 Å². The van der Waals surface area contributed by atoms with Gasteiger partial charge in [0.05, 0.1) is 28.0 Å². The standard InChI is InChI=1S/C21H14N6O/c22-11-15-5-1-2-8-17(15)26-20(28)16-12-24-21(25-13-16)27-18-9-3-6-14-7-4-10-23-19(14)18/h1-10,12-13H,(H,26,28)(H,24,25,27). The maximum absolute atomic E-state index is 12.4. The Balaban J connectivity index is 1.52. The van der Waals surface area contributed by atoms with Gasteiger partial charge in [-0.2, -0.15) is 5.26 Å². The second-order valence-corrected chi connectivity index (χ2v) is 5.91. The molecule has 2 aromatic heterocycles. The second-order valence-electron chi connectivity index (χ2n) is 5.91. The number of hydrogen-bond donors (Lipinski definition) is 2. The summed E-state index contributed by atoms with van der Waals surface area (Å²) in [6, 6.07) is 18.5. The van der Waals surface area contributed by atoms with Crippen molar-refractivity contribution >= 4 is 34.1 Å². The fourth-order valence-corrected chi connectivity index (χ4v) is 2.72. The average molecular weight is 366 g/mol. The van der Waals surface area contributed by atoms with Crippen LogP contribution in [0.5, 0.6) is 0 Å². The summed E-state index contributed by atoms with van der Waals surface area (Å²) in [7, 11) is 0. The molecule has 0 saturated carbocycles. The van der Waals surface area contributed by atoms with Crippen LogP contribution in [0.25, 0.3) is 10.9 Å². The predicted octanol–water partition coefficient (Wildman–Crippen LogP) is 3.89. The van der Waals surface area contributed by atoms with Crippen molar-refractivity contribution < 1.29 is 4.79 Å². The van der Waals surface area contributed by atoms with Crippen molar-refractivity contribution in [3.8, 4) is 6.07 Å². The van der Waals surface area contributed by atoms with Gasteiger partial charge in [0.2, 0.25) is 5.95 Å². The zero-order chi connectivity index (χ0) is 19.3. The lowest BCUT2D eigenvalue weighted by atomic mass is 10.2. The third-order valence-electron chi connectivity index (χ3n) is 4.09. The first kappa shape index (κ1) is 17.1. The van der Waals surface area contributed by atoms with Crippen molar-refractivity contribution in [2.45, 2.75) is 0 Å². The Morgan fingerprint density at radius 3 is 2.46 bits per heavy atom. The van der Waals surface area contributed by atoms with Crippen molar-refractivity contribution in [2.75, 3.05) is 10.6 Å². The van der Waals surface area contributed by atoms with E-state index >= 15 is 0 Å². The van der Waals surface area contributed by atoms with Gasteiger partial charge in [-0.25, -0.2) is 9.97 Å². The molecule has 0 aliphatic carbocycles. The van der Waals surface area contributed by atoms with Gasteiger partial charge in [-0.1, -0.05) is 30.3 Å². The molecule has 0 radical (unpaired) electrons. The molecule has 0 spiro atoms. The highest BCUT2D eigenvalue weighted by Gasteiger charge is 2.11. The quantitative estimate of drug-likeness (QED) is 0.568. The van der Waals surface area contributed by atoms with Crippen LogP contribution < -0.4 is 10.6 Å². The first-order chi connectivity index (χ1) is 13.7. The van der Waals surface area contributed by atoms with Gasteiger partial charge in [-0.15, -0.1) is 0 Å². The maximum Gasteiger partial charge on any atom is 0.258 e. The molecule has 4 rings (SSSR count). The molecule has 7 nitrogen and oxygen atoms in total. The molecule has 1 amide bonds. The number of amides is 1. The van der Waals surface area contributed by atoms with E-state index in [1.165, 1.54) is 12.4 Å². The summed E-state index contributed by atoms with van der Waals surface area (Å²) in [6.45, 7) is 0. The first-order valence-electron chi connectivity index (χ1n) is 8.48. The van der Waals surface area contributed by atoms with Crippen LogP contribution >= 0.6 is 0 Å². The molecule has 2 N–H and O–H groups in total. The van der Waals surface area contributed by atoms with Crippen molar-refractivity contribution in [1.82, 2.24) is 15.0 Å². The lowest BCUT2D eigenvalue weighted by molar-refractivity contribution is 0.102.